The molecule has 0 spiro atoms. The van der Waals surface area contributed by atoms with Crippen molar-refractivity contribution in [2.24, 2.45) is 22.7 Å². The second-order valence-corrected chi connectivity index (χ2v) is 8.55. The lowest BCUT2D eigenvalue weighted by Gasteiger charge is -2.58. The highest BCUT2D eigenvalue weighted by molar-refractivity contribution is 5.92. The van der Waals surface area contributed by atoms with Crippen LogP contribution in [0.2, 0.25) is 0 Å². The number of hydrogen-bond acceptors (Lipinski definition) is 4. The van der Waals surface area contributed by atoms with Gasteiger partial charge < -0.3 is 9.15 Å². The molecule has 2 aliphatic rings. The summed E-state index contributed by atoms with van der Waals surface area (Å²) in [5.74, 6) is 0.546. The van der Waals surface area contributed by atoms with Gasteiger partial charge in [0, 0.05) is 18.8 Å². The van der Waals surface area contributed by atoms with Crippen LogP contribution in [0, 0.1) is 22.7 Å². The standard InChI is InChI=1S/C22H30O4/c1-15-5-8-21(4)16(2)11-19(24)12-20(21)22(15,14-26-17(3)23)9-6-18-7-10-25-13-18/h7,10-11,13,15,20H,5-6,8-9,12,14H2,1-4H3/t15-,20+,21+,22-/m1/s1. The zero-order chi connectivity index (χ0) is 18.9. The van der Waals surface area contributed by atoms with Crippen LogP contribution in [-0.2, 0) is 20.7 Å². The summed E-state index contributed by atoms with van der Waals surface area (Å²) in [6.07, 6.45) is 9.78. The van der Waals surface area contributed by atoms with Crippen molar-refractivity contribution in [2.45, 2.75) is 59.8 Å². The Kier molecular flexibility index (Phi) is 5.14. The fourth-order valence-electron chi connectivity index (χ4n) is 5.31. The third kappa shape index (κ3) is 3.26. The third-order valence-electron chi connectivity index (χ3n) is 7.23. The highest BCUT2D eigenvalue weighted by Crippen LogP contribution is 2.61. The number of hydrogen-bond donors (Lipinski definition) is 0. The fraction of sp³-hybridized carbons (Fsp3) is 0.636. The van der Waals surface area contributed by atoms with Gasteiger partial charge in [-0.15, -0.1) is 0 Å². The van der Waals surface area contributed by atoms with Crippen molar-refractivity contribution < 1.29 is 18.7 Å². The summed E-state index contributed by atoms with van der Waals surface area (Å²) in [5, 5.41) is 0. The molecule has 0 saturated heterocycles. The van der Waals surface area contributed by atoms with E-state index >= 15 is 0 Å². The van der Waals surface area contributed by atoms with Gasteiger partial charge in [0.15, 0.2) is 5.78 Å². The SMILES string of the molecule is CC(=O)OC[C@]1(CCc2ccoc2)[C@H](C)CC[C@@]2(C)C(C)=CC(=O)C[C@H]12. The monoisotopic (exact) mass is 358 g/mol. The number of carbonyl (C=O) groups excluding carboxylic acids is 2. The molecular weight excluding hydrogens is 328 g/mol. The molecule has 3 rings (SSSR count). The van der Waals surface area contributed by atoms with Crippen LogP contribution < -0.4 is 0 Å². The average molecular weight is 358 g/mol. The van der Waals surface area contributed by atoms with Crippen LogP contribution in [0.1, 0.15) is 58.9 Å². The minimum Gasteiger partial charge on any atom is -0.472 e. The van der Waals surface area contributed by atoms with Gasteiger partial charge >= 0.3 is 5.97 Å². The van der Waals surface area contributed by atoms with Crippen LogP contribution in [-0.4, -0.2) is 18.4 Å². The molecule has 0 radical (unpaired) electrons. The Morgan fingerprint density at radius 1 is 1.42 bits per heavy atom. The lowest BCUT2D eigenvalue weighted by molar-refractivity contribution is -0.157. The molecule has 0 aliphatic heterocycles. The van der Waals surface area contributed by atoms with Crippen LogP contribution in [0.3, 0.4) is 0 Å². The van der Waals surface area contributed by atoms with Crippen molar-refractivity contribution in [1.82, 2.24) is 0 Å². The van der Waals surface area contributed by atoms with E-state index in [9.17, 15) is 9.59 Å². The summed E-state index contributed by atoms with van der Waals surface area (Å²) in [4.78, 5) is 24.1. The molecule has 1 saturated carbocycles. The number of ketones is 1. The molecule has 0 bridgehead atoms. The maximum absolute atomic E-state index is 12.4. The number of allylic oxidation sites excluding steroid dienone is 2. The molecule has 4 nitrogen and oxygen atoms in total. The van der Waals surface area contributed by atoms with Gasteiger partial charge in [-0.1, -0.05) is 19.4 Å². The fourth-order valence-corrected chi connectivity index (χ4v) is 5.31. The van der Waals surface area contributed by atoms with E-state index in [1.807, 2.05) is 12.1 Å². The highest BCUT2D eigenvalue weighted by atomic mass is 16.5. The van der Waals surface area contributed by atoms with E-state index in [4.69, 9.17) is 9.15 Å². The van der Waals surface area contributed by atoms with Gasteiger partial charge in [0.2, 0.25) is 0 Å². The number of carbonyl (C=O) groups is 2. The van der Waals surface area contributed by atoms with Crippen molar-refractivity contribution in [3.8, 4) is 0 Å². The van der Waals surface area contributed by atoms with Crippen molar-refractivity contribution in [2.75, 3.05) is 6.61 Å². The third-order valence-corrected chi connectivity index (χ3v) is 7.23. The van der Waals surface area contributed by atoms with Gasteiger partial charge in [-0.05, 0) is 67.6 Å². The van der Waals surface area contributed by atoms with Gasteiger partial charge in [-0.2, -0.15) is 0 Å². The van der Waals surface area contributed by atoms with Crippen molar-refractivity contribution in [3.05, 3.63) is 35.8 Å². The van der Waals surface area contributed by atoms with Gasteiger partial charge in [-0.3, -0.25) is 9.59 Å². The molecule has 1 aromatic rings. The summed E-state index contributed by atoms with van der Waals surface area (Å²) in [5.41, 5.74) is 2.14. The molecule has 0 N–H and O–H groups in total. The smallest absolute Gasteiger partial charge is 0.302 e. The van der Waals surface area contributed by atoms with Gasteiger partial charge in [0.05, 0.1) is 19.1 Å². The van der Waals surface area contributed by atoms with Gasteiger partial charge in [0.1, 0.15) is 0 Å². The Labute approximate surface area is 156 Å². The molecule has 26 heavy (non-hydrogen) atoms. The molecule has 0 unspecified atom stereocenters. The van der Waals surface area contributed by atoms with Crippen LogP contribution >= 0.6 is 0 Å². The van der Waals surface area contributed by atoms with E-state index < -0.39 is 0 Å². The first-order chi connectivity index (χ1) is 12.3. The largest absolute Gasteiger partial charge is 0.472 e. The first kappa shape index (κ1) is 18.9. The molecule has 2 aliphatic carbocycles. The minimum atomic E-state index is -0.249. The second kappa shape index (κ2) is 7.05. The van der Waals surface area contributed by atoms with Crippen LogP contribution in [0.5, 0.6) is 0 Å². The molecular formula is C22H30O4. The summed E-state index contributed by atoms with van der Waals surface area (Å²) in [7, 11) is 0. The quantitative estimate of drug-likeness (QED) is 0.714. The van der Waals surface area contributed by atoms with E-state index in [1.54, 1.807) is 12.5 Å². The van der Waals surface area contributed by atoms with Crippen LogP contribution in [0.15, 0.2) is 34.7 Å². The van der Waals surface area contributed by atoms with Crippen molar-refractivity contribution in [1.29, 1.82) is 0 Å². The normalized spacial score (nSPS) is 34.2. The van der Waals surface area contributed by atoms with E-state index in [-0.39, 0.29) is 28.5 Å². The Bertz CT molecular complexity index is 702. The molecule has 4 heteroatoms. The van der Waals surface area contributed by atoms with E-state index in [0.29, 0.717) is 18.9 Å². The average Bonchev–Trinajstić information content (AvgIpc) is 3.09. The maximum Gasteiger partial charge on any atom is 0.302 e. The molecule has 1 heterocycles. The topological polar surface area (TPSA) is 56.5 Å². The molecule has 1 aromatic heterocycles. The number of esters is 1. The molecule has 142 valence electrons. The maximum atomic E-state index is 12.4. The van der Waals surface area contributed by atoms with E-state index in [1.165, 1.54) is 12.5 Å². The van der Waals surface area contributed by atoms with E-state index in [0.717, 1.165) is 31.2 Å². The van der Waals surface area contributed by atoms with E-state index in [2.05, 4.69) is 20.8 Å². The highest BCUT2D eigenvalue weighted by Gasteiger charge is 2.57. The second-order valence-electron chi connectivity index (χ2n) is 8.55. The van der Waals surface area contributed by atoms with Crippen LogP contribution in [0.25, 0.3) is 0 Å². The number of furan rings is 1. The molecule has 0 aromatic carbocycles. The summed E-state index contributed by atoms with van der Waals surface area (Å²) < 4.78 is 10.8. The first-order valence-electron chi connectivity index (χ1n) is 9.64. The molecule has 4 atom stereocenters. The molecule has 0 amide bonds. The lowest BCUT2D eigenvalue weighted by atomic mass is 9.46. The zero-order valence-corrected chi connectivity index (χ0v) is 16.3. The van der Waals surface area contributed by atoms with Gasteiger partial charge in [-0.25, -0.2) is 0 Å². The minimum absolute atomic E-state index is 0.00301. The Morgan fingerprint density at radius 2 is 2.19 bits per heavy atom. The number of ether oxygens (including phenoxy) is 1. The lowest BCUT2D eigenvalue weighted by Crippen LogP contribution is -2.54. The predicted octanol–water partition coefficient (Wildman–Crippen LogP) is 4.73. The Balaban J connectivity index is 1.98. The first-order valence-corrected chi connectivity index (χ1v) is 9.64. The number of rotatable bonds is 5. The Morgan fingerprint density at radius 3 is 2.85 bits per heavy atom. The zero-order valence-electron chi connectivity index (χ0n) is 16.3. The van der Waals surface area contributed by atoms with Gasteiger partial charge in [0.25, 0.3) is 0 Å². The summed E-state index contributed by atoms with van der Waals surface area (Å²) >= 11 is 0. The number of aryl methyl sites for hydroxylation is 1. The van der Waals surface area contributed by atoms with Crippen molar-refractivity contribution in [3.63, 3.8) is 0 Å². The predicted molar refractivity (Wildman–Crippen MR) is 99.5 cm³/mol. The molecule has 1 fully saturated rings. The van der Waals surface area contributed by atoms with Crippen molar-refractivity contribution >= 4 is 11.8 Å². The Hall–Kier alpha value is -1.84. The summed E-state index contributed by atoms with van der Waals surface area (Å²) in [6.45, 7) is 8.50. The summed E-state index contributed by atoms with van der Waals surface area (Å²) in [6, 6.07) is 1.99. The van der Waals surface area contributed by atoms with Crippen LogP contribution in [0.4, 0.5) is 0 Å². The number of fused-ring (bicyclic) bond motifs is 1.